The van der Waals surface area contributed by atoms with Crippen LogP contribution in [0.15, 0.2) is 36.4 Å². The van der Waals surface area contributed by atoms with Crippen LogP contribution in [-0.2, 0) is 0 Å². The van der Waals surface area contributed by atoms with Gasteiger partial charge in [0, 0.05) is 0 Å². The number of nitrogen functional groups attached to an aromatic ring is 1. The lowest BCUT2D eigenvalue weighted by atomic mass is 10.1. The highest BCUT2D eigenvalue weighted by Crippen LogP contribution is 2.24. The molecule has 0 aliphatic carbocycles. The number of hydrogen-bond donors (Lipinski definition) is 2. The zero-order valence-corrected chi connectivity index (χ0v) is 11.6. The first-order valence-electron chi connectivity index (χ1n) is 5.91. The summed E-state index contributed by atoms with van der Waals surface area (Å²) in [6, 6.07) is 10.6. The van der Waals surface area contributed by atoms with Crippen molar-refractivity contribution in [3.63, 3.8) is 0 Å². The molecule has 1 amide bonds. The van der Waals surface area contributed by atoms with Gasteiger partial charge in [0.2, 0.25) is 0 Å². The molecule has 0 fully saturated rings. The summed E-state index contributed by atoms with van der Waals surface area (Å²) in [4.78, 5) is 12.1. The Morgan fingerprint density at radius 2 is 1.79 bits per heavy atom. The molecular weight excluding hydrogens is 260 g/mol. The van der Waals surface area contributed by atoms with Crippen LogP contribution in [0, 0.1) is 13.8 Å². The summed E-state index contributed by atoms with van der Waals surface area (Å²) in [5.41, 5.74) is 9.65. The molecule has 98 valence electrons. The summed E-state index contributed by atoms with van der Waals surface area (Å²) in [7, 11) is 0. The second-order valence-corrected chi connectivity index (χ2v) is 4.86. The summed E-state index contributed by atoms with van der Waals surface area (Å²) >= 11 is 5.99. The molecule has 3 nitrogen and oxygen atoms in total. The number of nitrogens with one attached hydrogen (secondary N) is 1. The molecule has 0 saturated carbocycles. The first-order valence-corrected chi connectivity index (χ1v) is 6.29. The van der Waals surface area contributed by atoms with E-state index in [9.17, 15) is 4.79 Å². The first-order chi connectivity index (χ1) is 8.99. The van der Waals surface area contributed by atoms with Crippen molar-refractivity contribution in [3.8, 4) is 0 Å². The van der Waals surface area contributed by atoms with Crippen LogP contribution >= 0.6 is 11.6 Å². The SMILES string of the molecule is Cc1cc(N)c(NC(=O)c2ccccc2Cl)cc1C. The quantitative estimate of drug-likeness (QED) is 0.819. The monoisotopic (exact) mass is 274 g/mol. The molecule has 0 atom stereocenters. The van der Waals surface area contributed by atoms with E-state index in [4.69, 9.17) is 17.3 Å². The van der Waals surface area contributed by atoms with Gasteiger partial charge in [-0.3, -0.25) is 4.79 Å². The smallest absolute Gasteiger partial charge is 0.257 e. The summed E-state index contributed by atoms with van der Waals surface area (Å²) in [5.74, 6) is -0.263. The lowest BCUT2D eigenvalue weighted by molar-refractivity contribution is 0.102. The Kier molecular flexibility index (Phi) is 3.76. The van der Waals surface area contributed by atoms with Gasteiger partial charge in [0.05, 0.1) is 22.0 Å². The van der Waals surface area contributed by atoms with E-state index >= 15 is 0 Å². The van der Waals surface area contributed by atoms with E-state index in [1.165, 1.54) is 0 Å². The van der Waals surface area contributed by atoms with Crippen LogP contribution in [0.2, 0.25) is 5.02 Å². The lowest BCUT2D eigenvalue weighted by Crippen LogP contribution is -2.14. The molecule has 2 aromatic carbocycles. The fraction of sp³-hybridized carbons (Fsp3) is 0.133. The van der Waals surface area contributed by atoms with E-state index < -0.39 is 0 Å². The number of halogens is 1. The van der Waals surface area contributed by atoms with E-state index in [0.29, 0.717) is 22.0 Å². The van der Waals surface area contributed by atoms with Gasteiger partial charge in [-0.1, -0.05) is 23.7 Å². The molecule has 2 rings (SSSR count). The average Bonchev–Trinajstić information content (AvgIpc) is 2.36. The largest absolute Gasteiger partial charge is 0.397 e. The van der Waals surface area contributed by atoms with Crippen molar-refractivity contribution in [2.45, 2.75) is 13.8 Å². The van der Waals surface area contributed by atoms with Crippen LogP contribution in [0.4, 0.5) is 11.4 Å². The molecule has 0 aliphatic rings. The van der Waals surface area contributed by atoms with Gasteiger partial charge in [0.25, 0.3) is 5.91 Å². The number of rotatable bonds is 2. The third kappa shape index (κ3) is 2.88. The number of aryl methyl sites for hydroxylation is 2. The molecule has 4 heteroatoms. The van der Waals surface area contributed by atoms with Gasteiger partial charge >= 0.3 is 0 Å². The van der Waals surface area contributed by atoms with Crippen LogP contribution in [-0.4, -0.2) is 5.91 Å². The zero-order chi connectivity index (χ0) is 14.0. The average molecular weight is 275 g/mol. The fourth-order valence-corrected chi connectivity index (χ4v) is 2.00. The molecule has 0 aliphatic heterocycles. The predicted octanol–water partition coefficient (Wildman–Crippen LogP) is 3.79. The number of anilines is 2. The Morgan fingerprint density at radius 3 is 2.47 bits per heavy atom. The van der Waals surface area contributed by atoms with Gasteiger partial charge in [-0.05, 0) is 49.2 Å². The maximum atomic E-state index is 12.1. The van der Waals surface area contributed by atoms with Gasteiger partial charge in [-0.25, -0.2) is 0 Å². The fourth-order valence-electron chi connectivity index (χ4n) is 1.78. The molecule has 0 aromatic heterocycles. The Morgan fingerprint density at radius 1 is 1.16 bits per heavy atom. The third-order valence-corrected chi connectivity index (χ3v) is 3.36. The molecule has 0 spiro atoms. The Bertz CT molecular complexity index is 638. The van der Waals surface area contributed by atoms with Crippen LogP contribution in [0.25, 0.3) is 0 Å². The first kappa shape index (κ1) is 13.4. The van der Waals surface area contributed by atoms with Crippen molar-refractivity contribution in [2.24, 2.45) is 0 Å². The van der Waals surface area contributed by atoms with Crippen molar-refractivity contribution in [2.75, 3.05) is 11.1 Å². The molecule has 0 unspecified atom stereocenters. The molecular formula is C15H15ClN2O. The number of hydrogen-bond acceptors (Lipinski definition) is 2. The summed E-state index contributed by atoms with van der Waals surface area (Å²) in [6.07, 6.45) is 0. The van der Waals surface area contributed by atoms with E-state index in [-0.39, 0.29) is 5.91 Å². The van der Waals surface area contributed by atoms with Gasteiger partial charge in [-0.2, -0.15) is 0 Å². The van der Waals surface area contributed by atoms with Crippen LogP contribution < -0.4 is 11.1 Å². The van der Waals surface area contributed by atoms with Crippen LogP contribution in [0.3, 0.4) is 0 Å². The second-order valence-electron chi connectivity index (χ2n) is 4.46. The second kappa shape index (κ2) is 5.33. The number of carbonyl (C=O) groups excluding carboxylic acids is 1. The summed E-state index contributed by atoms with van der Waals surface area (Å²) < 4.78 is 0. The van der Waals surface area contributed by atoms with Crippen LogP contribution in [0.5, 0.6) is 0 Å². The van der Waals surface area contributed by atoms with E-state index in [0.717, 1.165) is 11.1 Å². The molecule has 0 radical (unpaired) electrons. The zero-order valence-electron chi connectivity index (χ0n) is 10.8. The maximum absolute atomic E-state index is 12.1. The number of nitrogens with two attached hydrogens (primary N) is 1. The van der Waals surface area contributed by atoms with Gasteiger partial charge in [-0.15, -0.1) is 0 Å². The van der Waals surface area contributed by atoms with Crippen molar-refractivity contribution in [3.05, 3.63) is 58.1 Å². The van der Waals surface area contributed by atoms with E-state index in [1.807, 2.05) is 26.0 Å². The normalized spacial score (nSPS) is 10.3. The molecule has 0 heterocycles. The lowest BCUT2D eigenvalue weighted by Gasteiger charge is -2.11. The van der Waals surface area contributed by atoms with Gasteiger partial charge < -0.3 is 11.1 Å². The van der Waals surface area contributed by atoms with E-state index in [2.05, 4.69) is 5.32 Å². The molecule has 19 heavy (non-hydrogen) atoms. The summed E-state index contributed by atoms with van der Waals surface area (Å²) in [6.45, 7) is 3.95. The maximum Gasteiger partial charge on any atom is 0.257 e. The van der Waals surface area contributed by atoms with Crippen molar-refractivity contribution in [1.82, 2.24) is 0 Å². The van der Waals surface area contributed by atoms with Crippen molar-refractivity contribution >= 4 is 28.9 Å². The van der Waals surface area contributed by atoms with Gasteiger partial charge in [0.1, 0.15) is 0 Å². The molecule has 0 saturated heterocycles. The molecule has 2 aromatic rings. The highest BCUT2D eigenvalue weighted by Gasteiger charge is 2.11. The third-order valence-electron chi connectivity index (χ3n) is 3.03. The minimum absolute atomic E-state index is 0.263. The number of carbonyl (C=O) groups is 1. The minimum atomic E-state index is -0.263. The highest BCUT2D eigenvalue weighted by molar-refractivity contribution is 6.34. The Labute approximate surface area is 117 Å². The highest BCUT2D eigenvalue weighted by atomic mass is 35.5. The predicted molar refractivity (Wildman–Crippen MR) is 79.7 cm³/mol. The van der Waals surface area contributed by atoms with Crippen LogP contribution in [0.1, 0.15) is 21.5 Å². The molecule has 3 N–H and O–H groups in total. The van der Waals surface area contributed by atoms with Gasteiger partial charge in [0.15, 0.2) is 0 Å². The standard InChI is InChI=1S/C15H15ClN2O/c1-9-7-13(17)14(8-10(9)2)18-15(19)11-5-3-4-6-12(11)16/h3-8H,17H2,1-2H3,(H,18,19). The van der Waals surface area contributed by atoms with Crippen molar-refractivity contribution < 1.29 is 4.79 Å². The number of amides is 1. The molecule has 0 bridgehead atoms. The Balaban J connectivity index is 2.30. The minimum Gasteiger partial charge on any atom is -0.397 e. The van der Waals surface area contributed by atoms with Crippen molar-refractivity contribution in [1.29, 1.82) is 0 Å². The Hall–Kier alpha value is -2.00. The topological polar surface area (TPSA) is 55.1 Å². The summed E-state index contributed by atoms with van der Waals surface area (Å²) in [5, 5.41) is 3.21. The number of benzene rings is 2. The van der Waals surface area contributed by atoms with E-state index in [1.54, 1.807) is 24.3 Å².